The second-order valence-corrected chi connectivity index (χ2v) is 2.56. The van der Waals surface area contributed by atoms with Gasteiger partial charge in [0.25, 0.3) is 0 Å². The van der Waals surface area contributed by atoms with Crippen LogP contribution < -0.4 is 10.6 Å². The van der Waals surface area contributed by atoms with E-state index >= 15 is 0 Å². The van der Waals surface area contributed by atoms with Gasteiger partial charge in [-0.25, -0.2) is 4.79 Å². The molecule has 8 nitrogen and oxygen atoms in total. The zero-order valence-electron chi connectivity index (χ0n) is 8.10. The minimum Gasteiger partial charge on any atom is -0.480 e. The van der Waals surface area contributed by atoms with E-state index in [9.17, 15) is 19.2 Å². The number of carbonyl (C=O) groups excluding carboxylic acids is 2. The van der Waals surface area contributed by atoms with Gasteiger partial charge in [-0.15, -0.1) is 0 Å². The average molecular weight is 230 g/mol. The Kier molecular flexibility index (Phi) is 5.95. The maximum Gasteiger partial charge on any atom is 0.328 e. The maximum atomic E-state index is 10.9. The molecule has 88 valence electrons. The molecule has 0 radical (unpaired) electrons. The lowest BCUT2D eigenvalue weighted by atomic mass is 10.4. The third kappa shape index (κ3) is 8.23. The van der Waals surface area contributed by atoms with Crippen LogP contribution in [-0.4, -0.2) is 47.1 Å². The summed E-state index contributed by atoms with van der Waals surface area (Å²) in [6, 6.07) is 0. The molecule has 0 spiro atoms. The molecule has 0 unspecified atom stereocenters. The quantitative estimate of drug-likeness (QED) is 0.388. The molecule has 0 bridgehead atoms. The van der Waals surface area contributed by atoms with E-state index in [4.69, 9.17) is 10.2 Å². The average Bonchev–Trinajstić information content (AvgIpc) is 2.20. The fourth-order valence-corrected chi connectivity index (χ4v) is 0.610. The zero-order chi connectivity index (χ0) is 12.6. The Balaban J connectivity index is 3.79. The van der Waals surface area contributed by atoms with Crippen LogP contribution in [0.2, 0.25) is 0 Å². The van der Waals surface area contributed by atoms with Crippen LogP contribution in [0.5, 0.6) is 0 Å². The molecule has 0 aliphatic heterocycles. The highest BCUT2D eigenvalue weighted by molar-refractivity contribution is 5.95. The lowest BCUT2D eigenvalue weighted by molar-refractivity contribution is -0.137. The number of carbonyl (C=O) groups is 4. The van der Waals surface area contributed by atoms with Crippen molar-refractivity contribution in [2.45, 2.75) is 0 Å². The first-order chi connectivity index (χ1) is 7.41. The Morgan fingerprint density at radius 1 is 0.938 bits per heavy atom. The van der Waals surface area contributed by atoms with Crippen LogP contribution in [0.1, 0.15) is 0 Å². The van der Waals surface area contributed by atoms with Crippen molar-refractivity contribution < 1.29 is 29.4 Å². The van der Waals surface area contributed by atoms with Gasteiger partial charge in [0.05, 0.1) is 6.54 Å². The van der Waals surface area contributed by atoms with E-state index in [1.165, 1.54) is 0 Å². The second kappa shape index (κ2) is 6.98. The molecule has 0 aliphatic rings. The van der Waals surface area contributed by atoms with Crippen LogP contribution in [0.3, 0.4) is 0 Å². The summed E-state index contributed by atoms with van der Waals surface area (Å²) in [6.07, 6.45) is 1.36. The topological polar surface area (TPSA) is 133 Å². The van der Waals surface area contributed by atoms with Gasteiger partial charge >= 0.3 is 11.9 Å². The maximum absolute atomic E-state index is 10.9. The third-order valence-electron chi connectivity index (χ3n) is 1.24. The van der Waals surface area contributed by atoms with Crippen molar-refractivity contribution in [1.29, 1.82) is 0 Å². The SMILES string of the molecule is O=C(O)C=CC(=O)NCC(=O)NCC(=O)O. The summed E-state index contributed by atoms with van der Waals surface area (Å²) in [5.74, 6) is -3.93. The number of carboxylic acids is 2. The van der Waals surface area contributed by atoms with Gasteiger partial charge in [-0.1, -0.05) is 0 Å². The van der Waals surface area contributed by atoms with Gasteiger partial charge in [-0.3, -0.25) is 14.4 Å². The fourth-order valence-electron chi connectivity index (χ4n) is 0.610. The first-order valence-electron chi connectivity index (χ1n) is 4.09. The van der Waals surface area contributed by atoms with E-state index < -0.39 is 36.8 Å². The Hall–Kier alpha value is -2.38. The summed E-state index contributed by atoms with van der Waals surface area (Å²) < 4.78 is 0. The van der Waals surface area contributed by atoms with Crippen molar-refractivity contribution in [2.24, 2.45) is 0 Å². The van der Waals surface area contributed by atoms with Crippen molar-refractivity contribution in [3.8, 4) is 0 Å². The van der Waals surface area contributed by atoms with Crippen LogP contribution in [0, 0.1) is 0 Å². The highest BCUT2D eigenvalue weighted by atomic mass is 16.4. The molecule has 0 aromatic rings. The summed E-state index contributed by atoms with van der Waals surface area (Å²) in [6.45, 7) is -0.963. The van der Waals surface area contributed by atoms with Gasteiger partial charge in [0, 0.05) is 12.2 Å². The first kappa shape index (κ1) is 13.6. The molecule has 16 heavy (non-hydrogen) atoms. The lowest BCUT2D eigenvalue weighted by Gasteiger charge is -2.02. The van der Waals surface area contributed by atoms with Crippen molar-refractivity contribution in [1.82, 2.24) is 10.6 Å². The molecule has 0 fully saturated rings. The number of hydrogen-bond donors (Lipinski definition) is 4. The van der Waals surface area contributed by atoms with E-state index in [1.807, 2.05) is 5.32 Å². The molecular formula is C8H10N2O6. The second-order valence-electron chi connectivity index (χ2n) is 2.56. The first-order valence-corrected chi connectivity index (χ1v) is 4.09. The standard InChI is InChI=1S/C8H10N2O6/c11-5(1-2-7(13)14)9-3-6(12)10-4-8(15)16/h1-2H,3-4H2,(H,9,11)(H,10,12)(H,13,14)(H,15,16). The molecule has 0 rings (SSSR count). The number of rotatable bonds is 6. The number of amides is 2. The molecule has 4 N–H and O–H groups in total. The highest BCUT2D eigenvalue weighted by Crippen LogP contribution is 1.74. The van der Waals surface area contributed by atoms with E-state index in [2.05, 4.69) is 5.32 Å². The van der Waals surface area contributed by atoms with E-state index in [-0.39, 0.29) is 0 Å². The highest BCUT2D eigenvalue weighted by Gasteiger charge is 2.04. The van der Waals surface area contributed by atoms with Gasteiger partial charge in [0.1, 0.15) is 6.54 Å². The number of hydrogen-bond acceptors (Lipinski definition) is 4. The molecule has 0 aromatic heterocycles. The molecule has 0 heterocycles. The minimum absolute atomic E-state index is 0.421. The number of aliphatic carboxylic acids is 2. The Bertz CT molecular complexity index is 335. The summed E-state index contributed by atoms with van der Waals surface area (Å²) >= 11 is 0. The molecular weight excluding hydrogens is 220 g/mol. The van der Waals surface area contributed by atoms with E-state index in [1.54, 1.807) is 0 Å². The molecule has 0 saturated carbocycles. The predicted octanol–water partition coefficient (Wildman–Crippen LogP) is -2.06. The van der Waals surface area contributed by atoms with Gasteiger partial charge in [0.2, 0.25) is 11.8 Å². The molecule has 0 aromatic carbocycles. The van der Waals surface area contributed by atoms with Gasteiger partial charge < -0.3 is 20.8 Å². The van der Waals surface area contributed by atoms with Crippen LogP contribution in [0.4, 0.5) is 0 Å². The summed E-state index contributed by atoms with van der Waals surface area (Å²) in [7, 11) is 0. The Morgan fingerprint density at radius 2 is 1.56 bits per heavy atom. The van der Waals surface area contributed by atoms with Crippen LogP contribution in [-0.2, 0) is 19.2 Å². The summed E-state index contributed by atoms with van der Waals surface area (Å²) in [5.41, 5.74) is 0. The predicted molar refractivity (Wildman–Crippen MR) is 50.4 cm³/mol. The number of nitrogens with one attached hydrogen (secondary N) is 2. The molecule has 8 heteroatoms. The normalized spacial score (nSPS) is 9.75. The van der Waals surface area contributed by atoms with Crippen molar-refractivity contribution >= 4 is 23.8 Å². The fraction of sp³-hybridized carbons (Fsp3) is 0.250. The van der Waals surface area contributed by atoms with E-state index in [0.717, 1.165) is 6.08 Å². The Morgan fingerprint density at radius 3 is 2.06 bits per heavy atom. The third-order valence-corrected chi connectivity index (χ3v) is 1.24. The smallest absolute Gasteiger partial charge is 0.328 e. The zero-order valence-corrected chi connectivity index (χ0v) is 8.10. The molecule has 2 amide bonds. The van der Waals surface area contributed by atoms with Crippen molar-refractivity contribution in [2.75, 3.05) is 13.1 Å². The van der Waals surface area contributed by atoms with Gasteiger partial charge in [0.15, 0.2) is 0 Å². The van der Waals surface area contributed by atoms with Crippen LogP contribution in [0.25, 0.3) is 0 Å². The Labute approximate surface area is 89.9 Å². The lowest BCUT2D eigenvalue weighted by Crippen LogP contribution is -2.38. The van der Waals surface area contributed by atoms with Crippen LogP contribution in [0.15, 0.2) is 12.2 Å². The largest absolute Gasteiger partial charge is 0.480 e. The molecule has 0 aliphatic carbocycles. The summed E-state index contributed by atoms with van der Waals surface area (Å²) in [5, 5.41) is 20.5. The van der Waals surface area contributed by atoms with Gasteiger partial charge in [-0.2, -0.15) is 0 Å². The summed E-state index contributed by atoms with van der Waals surface area (Å²) in [4.78, 5) is 41.7. The van der Waals surface area contributed by atoms with E-state index in [0.29, 0.717) is 6.08 Å². The van der Waals surface area contributed by atoms with Crippen molar-refractivity contribution in [3.63, 3.8) is 0 Å². The minimum atomic E-state index is -1.29. The molecule has 0 saturated heterocycles. The molecule has 0 atom stereocenters. The number of carboxylic acid groups (broad SMARTS) is 2. The monoisotopic (exact) mass is 230 g/mol. The van der Waals surface area contributed by atoms with Crippen molar-refractivity contribution in [3.05, 3.63) is 12.2 Å². The van der Waals surface area contributed by atoms with Crippen LogP contribution >= 0.6 is 0 Å². The van der Waals surface area contributed by atoms with Gasteiger partial charge in [-0.05, 0) is 0 Å².